The Morgan fingerprint density at radius 3 is 2.73 bits per heavy atom. The van der Waals surface area contributed by atoms with E-state index in [1.165, 1.54) is 32.1 Å². The van der Waals surface area contributed by atoms with Gasteiger partial charge in [-0.05, 0) is 48.9 Å². The lowest BCUT2D eigenvalue weighted by Crippen LogP contribution is -2.29. The lowest BCUT2D eigenvalue weighted by atomic mass is 9.86. The molecule has 0 radical (unpaired) electrons. The second-order valence-electron chi connectivity index (χ2n) is 7.80. The molecular formula is C22H30BrNO2. The zero-order valence-electron chi connectivity index (χ0n) is 15.8. The fourth-order valence-electron chi connectivity index (χ4n) is 4.32. The van der Waals surface area contributed by atoms with Gasteiger partial charge in [-0.2, -0.15) is 0 Å². The molecular weight excluding hydrogens is 390 g/mol. The minimum Gasteiger partial charge on any atom is -0.312 e. The molecule has 0 N–H and O–H groups in total. The van der Waals surface area contributed by atoms with Crippen LogP contribution in [0.5, 0.6) is 0 Å². The third-order valence-electron chi connectivity index (χ3n) is 5.88. The summed E-state index contributed by atoms with van der Waals surface area (Å²) in [6.45, 7) is 2.84. The van der Waals surface area contributed by atoms with E-state index in [0.717, 1.165) is 55.0 Å². The van der Waals surface area contributed by atoms with Gasteiger partial charge in [-0.15, -0.1) is 0 Å². The minimum atomic E-state index is -0.111. The Hall–Kier alpha value is -1.16. The van der Waals surface area contributed by atoms with E-state index < -0.39 is 0 Å². The van der Waals surface area contributed by atoms with Crippen molar-refractivity contribution in [3.63, 3.8) is 0 Å². The van der Waals surface area contributed by atoms with Gasteiger partial charge >= 0.3 is 0 Å². The molecule has 0 aromatic heterocycles. The van der Waals surface area contributed by atoms with Crippen LogP contribution in [0, 0.1) is 5.92 Å². The van der Waals surface area contributed by atoms with Crippen molar-refractivity contribution in [3.8, 4) is 0 Å². The summed E-state index contributed by atoms with van der Waals surface area (Å²) in [5.74, 6) is 1.14. The zero-order chi connectivity index (χ0) is 18.5. The fourth-order valence-corrected chi connectivity index (χ4v) is 5.04. The highest BCUT2D eigenvalue weighted by Gasteiger charge is 2.27. The van der Waals surface area contributed by atoms with Crippen molar-refractivity contribution in [2.24, 2.45) is 5.92 Å². The Morgan fingerprint density at radius 2 is 2.00 bits per heavy atom. The number of Topliss-reactive ketones (excluding diaryl/α,β-unsaturated/α-hetero) is 1. The molecule has 1 amide bonds. The highest BCUT2D eigenvalue weighted by atomic mass is 79.9. The second kappa shape index (κ2) is 9.16. The first-order chi connectivity index (χ1) is 12.6. The predicted octanol–water partition coefficient (Wildman–Crippen LogP) is 5.68. The minimum absolute atomic E-state index is 0.111. The van der Waals surface area contributed by atoms with Crippen LogP contribution in [0.15, 0.2) is 18.2 Å². The molecule has 1 saturated carbocycles. The van der Waals surface area contributed by atoms with Gasteiger partial charge in [0, 0.05) is 24.2 Å². The molecule has 1 aromatic carbocycles. The number of ketones is 1. The molecule has 1 aromatic rings. The predicted molar refractivity (Wildman–Crippen MR) is 110 cm³/mol. The SMILES string of the molecule is CCCC(Br)C(=O)c1ccc2c(c1)CCN2C(=O)CCC1CCCCC1. The van der Waals surface area contributed by atoms with E-state index in [4.69, 9.17) is 0 Å². The number of hydrogen-bond acceptors (Lipinski definition) is 2. The van der Waals surface area contributed by atoms with E-state index in [1.807, 2.05) is 23.1 Å². The summed E-state index contributed by atoms with van der Waals surface area (Å²) in [5.41, 5.74) is 2.91. The van der Waals surface area contributed by atoms with Gasteiger partial charge in [-0.25, -0.2) is 0 Å². The summed E-state index contributed by atoms with van der Waals surface area (Å²) in [7, 11) is 0. The third kappa shape index (κ3) is 4.57. The van der Waals surface area contributed by atoms with Crippen molar-refractivity contribution in [2.75, 3.05) is 11.4 Å². The van der Waals surface area contributed by atoms with Crippen molar-refractivity contribution in [1.82, 2.24) is 0 Å². The van der Waals surface area contributed by atoms with Crippen LogP contribution >= 0.6 is 15.9 Å². The average Bonchev–Trinajstić information content (AvgIpc) is 3.09. The molecule has 0 saturated heterocycles. The van der Waals surface area contributed by atoms with Crippen LogP contribution in [0.4, 0.5) is 5.69 Å². The molecule has 1 aliphatic heterocycles. The van der Waals surface area contributed by atoms with E-state index in [1.54, 1.807) is 0 Å². The number of amides is 1. The number of halogens is 1. The van der Waals surface area contributed by atoms with Gasteiger partial charge in [0.25, 0.3) is 0 Å². The Kier molecular flexibility index (Phi) is 6.91. The van der Waals surface area contributed by atoms with Gasteiger partial charge in [-0.3, -0.25) is 9.59 Å². The number of benzene rings is 1. The van der Waals surface area contributed by atoms with Gasteiger partial charge < -0.3 is 4.90 Å². The molecule has 0 spiro atoms. The molecule has 3 nitrogen and oxygen atoms in total. The van der Waals surface area contributed by atoms with Crippen molar-refractivity contribution >= 4 is 33.3 Å². The number of carbonyl (C=O) groups is 2. The van der Waals surface area contributed by atoms with Gasteiger partial charge in [0.1, 0.15) is 0 Å². The van der Waals surface area contributed by atoms with Gasteiger partial charge in [0.05, 0.1) is 4.83 Å². The Morgan fingerprint density at radius 1 is 1.23 bits per heavy atom. The normalized spacial score (nSPS) is 18.6. The number of fused-ring (bicyclic) bond motifs is 1. The van der Waals surface area contributed by atoms with Gasteiger partial charge in [0.2, 0.25) is 5.91 Å². The van der Waals surface area contributed by atoms with Gasteiger partial charge in [0.15, 0.2) is 5.78 Å². The molecule has 4 heteroatoms. The number of carbonyl (C=O) groups excluding carboxylic acids is 2. The largest absolute Gasteiger partial charge is 0.312 e. The van der Waals surface area contributed by atoms with Gasteiger partial charge in [-0.1, -0.05) is 61.4 Å². The van der Waals surface area contributed by atoms with E-state index in [9.17, 15) is 9.59 Å². The maximum absolute atomic E-state index is 12.7. The number of hydrogen-bond donors (Lipinski definition) is 0. The summed E-state index contributed by atoms with van der Waals surface area (Å²) in [5, 5.41) is 0. The molecule has 26 heavy (non-hydrogen) atoms. The quantitative estimate of drug-likeness (QED) is 0.420. The average molecular weight is 420 g/mol. The molecule has 3 rings (SSSR count). The Labute approximate surface area is 165 Å². The molecule has 1 fully saturated rings. The van der Waals surface area contributed by atoms with Crippen LogP contribution in [-0.4, -0.2) is 23.1 Å². The first kappa shape index (κ1) is 19.6. The first-order valence-electron chi connectivity index (χ1n) is 10.2. The van der Waals surface area contributed by atoms with Crippen molar-refractivity contribution < 1.29 is 9.59 Å². The molecule has 1 heterocycles. The number of rotatable bonds is 7. The number of alkyl halides is 1. The fraction of sp³-hybridized carbons (Fsp3) is 0.636. The summed E-state index contributed by atoms with van der Waals surface area (Å²) in [6.07, 6.45) is 11.0. The molecule has 1 unspecified atom stereocenters. The van der Waals surface area contributed by atoms with Crippen LogP contribution < -0.4 is 4.90 Å². The highest BCUT2D eigenvalue weighted by Crippen LogP contribution is 2.32. The summed E-state index contributed by atoms with van der Waals surface area (Å²) >= 11 is 3.50. The van der Waals surface area contributed by atoms with E-state index in [2.05, 4.69) is 22.9 Å². The maximum atomic E-state index is 12.7. The zero-order valence-corrected chi connectivity index (χ0v) is 17.4. The monoisotopic (exact) mass is 419 g/mol. The lowest BCUT2D eigenvalue weighted by Gasteiger charge is -2.23. The molecule has 1 aliphatic carbocycles. The van der Waals surface area contributed by atoms with Crippen LogP contribution in [0.2, 0.25) is 0 Å². The van der Waals surface area contributed by atoms with Crippen molar-refractivity contribution in [2.45, 2.75) is 76.0 Å². The number of nitrogens with zero attached hydrogens (tertiary/aromatic N) is 1. The Balaban J connectivity index is 1.62. The first-order valence-corrected chi connectivity index (χ1v) is 11.1. The summed E-state index contributed by atoms with van der Waals surface area (Å²) in [6, 6.07) is 5.85. The third-order valence-corrected chi connectivity index (χ3v) is 6.75. The van der Waals surface area contributed by atoms with Crippen LogP contribution in [0.3, 0.4) is 0 Å². The highest BCUT2D eigenvalue weighted by molar-refractivity contribution is 9.10. The maximum Gasteiger partial charge on any atom is 0.227 e. The lowest BCUT2D eigenvalue weighted by molar-refractivity contribution is -0.118. The molecule has 142 valence electrons. The smallest absolute Gasteiger partial charge is 0.227 e. The Bertz CT molecular complexity index is 652. The van der Waals surface area contributed by atoms with Crippen molar-refractivity contribution in [1.29, 1.82) is 0 Å². The number of anilines is 1. The van der Waals surface area contributed by atoms with E-state index >= 15 is 0 Å². The van der Waals surface area contributed by atoms with Crippen LogP contribution in [0.25, 0.3) is 0 Å². The van der Waals surface area contributed by atoms with Crippen LogP contribution in [0.1, 0.15) is 80.6 Å². The second-order valence-corrected chi connectivity index (χ2v) is 8.91. The molecule has 1 atom stereocenters. The standard InChI is InChI=1S/C22H30BrNO2/c1-2-6-19(23)22(26)18-10-11-20-17(15-18)13-14-24(20)21(25)12-9-16-7-4-3-5-8-16/h10-11,15-16,19H,2-9,12-14H2,1H3. The molecule has 0 bridgehead atoms. The van der Waals surface area contributed by atoms with E-state index in [0.29, 0.717) is 6.42 Å². The molecule has 2 aliphatic rings. The van der Waals surface area contributed by atoms with Crippen molar-refractivity contribution in [3.05, 3.63) is 29.3 Å². The summed E-state index contributed by atoms with van der Waals surface area (Å²) < 4.78 is 0. The van der Waals surface area contributed by atoms with Crippen LogP contribution in [-0.2, 0) is 11.2 Å². The van der Waals surface area contributed by atoms with E-state index in [-0.39, 0.29) is 16.5 Å². The topological polar surface area (TPSA) is 37.4 Å². The summed E-state index contributed by atoms with van der Waals surface area (Å²) in [4.78, 5) is 27.0.